The second-order valence-electron chi connectivity index (χ2n) is 3.94. The van der Waals surface area contributed by atoms with Crippen LogP contribution in [-0.2, 0) is 9.36 Å². The van der Waals surface area contributed by atoms with Crippen molar-refractivity contribution in [1.82, 2.24) is 5.32 Å². The fraction of sp³-hybridized carbons (Fsp3) is 0.625. The van der Waals surface area contributed by atoms with Crippen LogP contribution in [0.1, 0.15) is 20.8 Å². The molecule has 0 saturated heterocycles. The van der Waals surface area contributed by atoms with E-state index < -0.39 is 19.0 Å². The number of carbonyl (C=O) groups excluding carboxylic acids is 1. The van der Waals surface area contributed by atoms with Gasteiger partial charge in [-0.3, -0.25) is 9.36 Å². The number of amides is 1. The third-order valence-electron chi connectivity index (χ3n) is 1.44. The van der Waals surface area contributed by atoms with Crippen LogP contribution < -0.4 is 5.32 Å². The summed E-state index contributed by atoms with van der Waals surface area (Å²) < 4.78 is 10.7. The molecule has 0 aromatic carbocycles. The number of hydrogen-bond donors (Lipinski definition) is 3. The molecule has 0 fully saturated rings. The Kier molecular flexibility index (Phi) is 4.06. The predicted octanol–water partition coefficient (Wildman–Crippen LogP) is 0.635. The van der Waals surface area contributed by atoms with Gasteiger partial charge in [-0.05, 0) is 20.8 Å². The zero-order valence-electron chi connectivity index (χ0n) is 8.57. The molecule has 0 aliphatic heterocycles. The van der Waals surface area contributed by atoms with Gasteiger partial charge in [0.2, 0.25) is 5.91 Å². The monoisotopic (exact) mass is 221 g/mol. The molecule has 3 N–H and O–H groups in total. The standard InChI is InChI=1S/C8H16NO4P/c1-6(2)7(10)9-8(3,4)5-14(11,12)13/h1,5H2,2-4H3,(H,9,10)(H2,11,12,13). The number of nitrogens with one attached hydrogen (secondary N) is 1. The minimum absolute atomic E-state index is 0.309. The molecule has 0 radical (unpaired) electrons. The van der Waals surface area contributed by atoms with E-state index in [4.69, 9.17) is 9.79 Å². The minimum Gasteiger partial charge on any atom is -0.347 e. The Labute approximate surface area is 83.4 Å². The molecular formula is C8H16NO4P. The number of carbonyl (C=O) groups is 1. The second-order valence-corrected chi connectivity index (χ2v) is 5.59. The first-order valence-electron chi connectivity index (χ1n) is 4.06. The molecule has 0 unspecified atom stereocenters. The third-order valence-corrected chi connectivity index (χ3v) is 2.64. The van der Waals surface area contributed by atoms with Gasteiger partial charge in [0, 0.05) is 11.1 Å². The van der Waals surface area contributed by atoms with Crippen LogP contribution in [0.5, 0.6) is 0 Å². The lowest BCUT2D eigenvalue weighted by Gasteiger charge is -2.26. The highest BCUT2D eigenvalue weighted by molar-refractivity contribution is 7.51. The Hall–Kier alpha value is -0.640. The van der Waals surface area contributed by atoms with Crippen LogP contribution in [0.15, 0.2) is 12.2 Å². The van der Waals surface area contributed by atoms with Gasteiger partial charge < -0.3 is 15.1 Å². The van der Waals surface area contributed by atoms with Crippen LogP contribution >= 0.6 is 7.60 Å². The molecule has 5 nitrogen and oxygen atoms in total. The van der Waals surface area contributed by atoms with E-state index in [1.165, 1.54) is 6.92 Å². The van der Waals surface area contributed by atoms with Crippen molar-refractivity contribution in [3.63, 3.8) is 0 Å². The molecule has 0 aromatic rings. The summed E-state index contributed by atoms with van der Waals surface area (Å²) in [6.07, 6.45) is -0.390. The van der Waals surface area contributed by atoms with Crippen LogP contribution in [0.3, 0.4) is 0 Å². The third kappa shape index (κ3) is 5.91. The average Bonchev–Trinajstić information content (AvgIpc) is 1.78. The van der Waals surface area contributed by atoms with Crippen molar-refractivity contribution in [2.45, 2.75) is 26.3 Å². The van der Waals surface area contributed by atoms with Crippen molar-refractivity contribution in [2.75, 3.05) is 6.16 Å². The summed E-state index contributed by atoms with van der Waals surface area (Å²) in [5.41, 5.74) is -0.626. The maximum absolute atomic E-state index is 11.2. The van der Waals surface area contributed by atoms with E-state index in [1.54, 1.807) is 13.8 Å². The van der Waals surface area contributed by atoms with Crippen molar-refractivity contribution in [3.05, 3.63) is 12.2 Å². The molecule has 0 bridgehead atoms. The molecule has 0 heterocycles. The van der Waals surface area contributed by atoms with Gasteiger partial charge in [0.05, 0.1) is 6.16 Å². The molecule has 1 amide bonds. The molecule has 0 rings (SSSR count). The summed E-state index contributed by atoms with van der Waals surface area (Å²) >= 11 is 0. The van der Waals surface area contributed by atoms with E-state index in [0.717, 1.165) is 0 Å². The lowest BCUT2D eigenvalue weighted by atomic mass is 10.1. The Bertz CT molecular complexity index is 292. The molecule has 0 aromatic heterocycles. The van der Waals surface area contributed by atoms with Crippen LogP contribution in [0.4, 0.5) is 0 Å². The van der Waals surface area contributed by atoms with Crippen LogP contribution in [0, 0.1) is 0 Å². The zero-order chi connectivity index (χ0) is 11.6. The van der Waals surface area contributed by atoms with Gasteiger partial charge in [0.1, 0.15) is 0 Å². The van der Waals surface area contributed by atoms with Crippen molar-refractivity contribution < 1.29 is 19.1 Å². The Balaban J connectivity index is 4.43. The molecule has 0 saturated carbocycles. The normalized spacial score (nSPS) is 12.4. The topological polar surface area (TPSA) is 86.6 Å². The molecule has 0 aliphatic rings. The van der Waals surface area contributed by atoms with Crippen LogP contribution in [-0.4, -0.2) is 27.4 Å². The molecular weight excluding hydrogens is 205 g/mol. The van der Waals surface area contributed by atoms with Crippen LogP contribution in [0.25, 0.3) is 0 Å². The highest BCUT2D eigenvalue weighted by atomic mass is 31.2. The molecule has 0 atom stereocenters. The fourth-order valence-corrected chi connectivity index (χ4v) is 2.08. The summed E-state index contributed by atoms with van der Waals surface area (Å²) in [7, 11) is -4.12. The van der Waals surface area contributed by atoms with Gasteiger partial charge in [-0.1, -0.05) is 6.58 Å². The van der Waals surface area contributed by atoms with Gasteiger partial charge in [0.15, 0.2) is 0 Å². The smallest absolute Gasteiger partial charge is 0.327 e. The van der Waals surface area contributed by atoms with E-state index in [9.17, 15) is 9.36 Å². The van der Waals surface area contributed by atoms with Gasteiger partial charge in [0.25, 0.3) is 0 Å². The largest absolute Gasteiger partial charge is 0.347 e. The van der Waals surface area contributed by atoms with Crippen molar-refractivity contribution in [2.24, 2.45) is 0 Å². The SMILES string of the molecule is C=C(C)C(=O)NC(C)(C)CP(=O)(O)O. The highest BCUT2D eigenvalue weighted by Crippen LogP contribution is 2.38. The van der Waals surface area contributed by atoms with E-state index in [0.29, 0.717) is 5.57 Å². The second kappa shape index (κ2) is 4.26. The van der Waals surface area contributed by atoms with E-state index >= 15 is 0 Å². The van der Waals surface area contributed by atoms with Crippen LogP contribution in [0.2, 0.25) is 0 Å². The van der Waals surface area contributed by atoms with E-state index in [-0.39, 0.29) is 6.16 Å². The Morgan fingerprint density at radius 3 is 2.21 bits per heavy atom. The lowest BCUT2D eigenvalue weighted by Crippen LogP contribution is -2.46. The summed E-state index contributed by atoms with van der Waals surface area (Å²) in [4.78, 5) is 28.7. The maximum Gasteiger partial charge on any atom is 0.327 e. The Morgan fingerprint density at radius 1 is 1.50 bits per heavy atom. The molecule has 82 valence electrons. The van der Waals surface area contributed by atoms with E-state index in [2.05, 4.69) is 11.9 Å². The predicted molar refractivity (Wildman–Crippen MR) is 53.9 cm³/mol. The molecule has 14 heavy (non-hydrogen) atoms. The molecule has 6 heteroatoms. The summed E-state index contributed by atoms with van der Waals surface area (Å²) in [5.74, 6) is -0.400. The van der Waals surface area contributed by atoms with Gasteiger partial charge in [-0.25, -0.2) is 0 Å². The Morgan fingerprint density at radius 2 is 1.93 bits per heavy atom. The van der Waals surface area contributed by atoms with Gasteiger partial charge in [-0.2, -0.15) is 0 Å². The first-order valence-corrected chi connectivity index (χ1v) is 5.86. The lowest BCUT2D eigenvalue weighted by molar-refractivity contribution is -0.118. The van der Waals surface area contributed by atoms with Gasteiger partial charge in [-0.15, -0.1) is 0 Å². The van der Waals surface area contributed by atoms with Crippen molar-refractivity contribution in [3.8, 4) is 0 Å². The van der Waals surface area contributed by atoms with E-state index in [1.807, 2.05) is 0 Å². The van der Waals surface area contributed by atoms with Gasteiger partial charge >= 0.3 is 7.60 Å². The van der Waals surface area contributed by atoms with Crippen molar-refractivity contribution >= 4 is 13.5 Å². The average molecular weight is 221 g/mol. The minimum atomic E-state index is -4.12. The first kappa shape index (κ1) is 13.4. The molecule has 0 spiro atoms. The zero-order valence-corrected chi connectivity index (χ0v) is 9.47. The summed E-state index contributed by atoms with van der Waals surface area (Å²) in [5, 5.41) is 2.48. The first-order chi connectivity index (χ1) is 6.03. The number of hydrogen-bond acceptors (Lipinski definition) is 2. The maximum atomic E-state index is 11.2. The van der Waals surface area contributed by atoms with Crippen molar-refractivity contribution in [1.29, 1.82) is 0 Å². The summed E-state index contributed by atoms with van der Waals surface area (Å²) in [6.45, 7) is 8.06. The fourth-order valence-electron chi connectivity index (χ4n) is 0.968. The quantitative estimate of drug-likeness (QED) is 0.480. The summed E-state index contributed by atoms with van der Waals surface area (Å²) in [6, 6.07) is 0. The number of rotatable bonds is 4. The highest BCUT2D eigenvalue weighted by Gasteiger charge is 2.29. The molecule has 0 aliphatic carbocycles.